The molecule has 0 aromatic heterocycles. The van der Waals surface area contributed by atoms with Crippen LogP contribution in [0.2, 0.25) is 0 Å². The maximum atomic E-state index is 6.13. The summed E-state index contributed by atoms with van der Waals surface area (Å²) in [5.74, 6) is 2.47. The molecule has 0 bridgehead atoms. The van der Waals surface area contributed by atoms with Gasteiger partial charge in [-0.1, -0.05) is 12.2 Å². The van der Waals surface area contributed by atoms with E-state index in [1.54, 1.807) is 0 Å². The number of nitrogens with two attached hydrogens (primary N) is 1. The molecule has 3 rings (SSSR count). The van der Waals surface area contributed by atoms with Crippen LogP contribution in [0.15, 0.2) is 0 Å². The number of hydrogen-bond acceptors (Lipinski definition) is 5. The van der Waals surface area contributed by atoms with Crippen LogP contribution in [-0.4, -0.2) is 77.3 Å². The van der Waals surface area contributed by atoms with Crippen molar-refractivity contribution in [2.24, 2.45) is 5.73 Å². The highest BCUT2D eigenvalue weighted by Gasteiger charge is 2.42. The first kappa shape index (κ1) is 15.0. The summed E-state index contributed by atoms with van der Waals surface area (Å²) in [6, 6.07) is 0.717. The van der Waals surface area contributed by atoms with E-state index in [-0.39, 0.29) is 5.60 Å². The molecule has 3 fully saturated rings. The lowest BCUT2D eigenvalue weighted by Gasteiger charge is -2.45. The van der Waals surface area contributed by atoms with Crippen LogP contribution >= 0.6 is 24.0 Å². The van der Waals surface area contributed by atoms with Crippen molar-refractivity contribution < 1.29 is 4.74 Å². The standard InChI is InChI=1S/C14H25N3OS2/c15-13(19)10-16-3-5-17(6-4-16)12-1-7-18-14(9-12)2-8-20-11-14/h12H,1-11H2,(H2,15,19). The third-order valence-corrected chi connectivity index (χ3v) is 6.19. The molecule has 4 nitrogen and oxygen atoms in total. The highest BCUT2D eigenvalue weighted by Crippen LogP contribution is 2.39. The Kier molecular flexibility index (Phi) is 4.87. The summed E-state index contributed by atoms with van der Waals surface area (Å²) in [5, 5.41) is 0. The summed E-state index contributed by atoms with van der Waals surface area (Å²) in [5.41, 5.74) is 5.83. The normalized spacial score (nSPS) is 36.5. The third-order valence-electron chi connectivity index (χ3n) is 4.84. The zero-order chi connectivity index (χ0) is 14.0. The third kappa shape index (κ3) is 3.47. The molecule has 6 heteroatoms. The van der Waals surface area contributed by atoms with Crippen LogP contribution in [0.25, 0.3) is 0 Å². The van der Waals surface area contributed by atoms with Gasteiger partial charge >= 0.3 is 0 Å². The monoisotopic (exact) mass is 315 g/mol. The molecule has 3 heterocycles. The molecule has 0 amide bonds. The summed E-state index contributed by atoms with van der Waals surface area (Å²) < 4.78 is 6.13. The van der Waals surface area contributed by atoms with E-state index in [0.29, 0.717) is 4.99 Å². The Morgan fingerprint density at radius 3 is 2.80 bits per heavy atom. The molecule has 0 saturated carbocycles. The number of piperazine rings is 1. The van der Waals surface area contributed by atoms with E-state index in [9.17, 15) is 0 Å². The van der Waals surface area contributed by atoms with E-state index >= 15 is 0 Å². The summed E-state index contributed by atoms with van der Waals surface area (Å²) in [6.45, 7) is 6.20. The summed E-state index contributed by atoms with van der Waals surface area (Å²) >= 11 is 7.06. The molecule has 3 saturated heterocycles. The highest BCUT2D eigenvalue weighted by atomic mass is 32.2. The van der Waals surface area contributed by atoms with Crippen molar-refractivity contribution in [3.8, 4) is 0 Å². The minimum atomic E-state index is 0.198. The van der Waals surface area contributed by atoms with Crippen molar-refractivity contribution in [1.29, 1.82) is 0 Å². The molecule has 0 radical (unpaired) electrons. The van der Waals surface area contributed by atoms with Gasteiger partial charge in [-0.2, -0.15) is 11.8 Å². The molecular weight excluding hydrogens is 290 g/mol. The smallest absolute Gasteiger partial charge is 0.0870 e. The number of rotatable bonds is 3. The molecule has 1 spiro atoms. The fourth-order valence-corrected chi connectivity index (χ4v) is 5.24. The first-order valence-electron chi connectivity index (χ1n) is 7.63. The van der Waals surface area contributed by atoms with Crippen LogP contribution < -0.4 is 5.73 Å². The van der Waals surface area contributed by atoms with Crippen molar-refractivity contribution in [2.45, 2.75) is 30.9 Å². The van der Waals surface area contributed by atoms with E-state index in [0.717, 1.165) is 45.4 Å². The Balaban J connectivity index is 1.51. The fraction of sp³-hybridized carbons (Fsp3) is 0.929. The van der Waals surface area contributed by atoms with Gasteiger partial charge in [0.25, 0.3) is 0 Å². The SMILES string of the molecule is NC(=S)CN1CCN(C2CCOC3(CCSC3)C2)CC1. The van der Waals surface area contributed by atoms with E-state index in [1.807, 2.05) is 0 Å². The number of thioether (sulfide) groups is 1. The number of hydrogen-bond donors (Lipinski definition) is 1. The lowest BCUT2D eigenvalue weighted by Crippen LogP contribution is -2.55. The van der Waals surface area contributed by atoms with Gasteiger partial charge in [-0.25, -0.2) is 0 Å². The predicted octanol–water partition coefficient (Wildman–Crippen LogP) is 0.945. The molecule has 0 aromatic rings. The molecule has 2 unspecified atom stereocenters. The Morgan fingerprint density at radius 1 is 1.35 bits per heavy atom. The van der Waals surface area contributed by atoms with Crippen molar-refractivity contribution in [3.05, 3.63) is 0 Å². The van der Waals surface area contributed by atoms with Gasteiger partial charge in [-0.3, -0.25) is 9.80 Å². The first-order chi connectivity index (χ1) is 9.67. The van der Waals surface area contributed by atoms with Crippen LogP contribution in [-0.2, 0) is 4.74 Å². The first-order valence-corrected chi connectivity index (χ1v) is 9.20. The van der Waals surface area contributed by atoms with Crippen LogP contribution in [0.5, 0.6) is 0 Å². The van der Waals surface area contributed by atoms with E-state index in [1.165, 1.54) is 30.8 Å². The van der Waals surface area contributed by atoms with Gasteiger partial charge in [0.05, 0.1) is 10.6 Å². The Hall–Kier alpha value is 0.120. The van der Waals surface area contributed by atoms with Gasteiger partial charge in [-0.15, -0.1) is 0 Å². The van der Waals surface area contributed by atoms with Crippen molar-refractivity contribution >= 4 is 29.0 Å². The minimum Gasteiger partial charge on any atom is -0.392 e. The maximum Gasteiger partial charge on any atom is 0.0870 e. The second kappa shape index (κ2) is 6.48. The van der Waals surface area contributed by atoms with Crippen LogP contribution in [0.3, 0.4) is 0 Å². The zero-order valence-electron chi connectivity index (χ0n) is 12.1. The molecule has 2 atom stereocenters. The molecule has 3 aliphatic heterocycles. The van der Waals surface area contributed by atoms with E-state index < -0.39 is 0 Å². The van der Waals surface area contributed by atoms with E-state index in [4.69, 9.17) is 22.7 Å². The molecule has 114 valence electrons. The second-order valence-electron chi connectivity index (χ2n) is 6.26. The van der Waals surface area contributed by atoms with Crippen LogP contribution in [0.4, 0.5) is 0 Å². The Labute approximate surface area is 131 Å². The minimum absolute atomic E-state index is 0.198. The van der Waals surface area contributed by atoms with Gasteiger partial charge in [0.1, 0.15) is 0 Å². The van der Waals surface area contributed by atoms with Crippen molar-refractivity contribution in [3.63, 3.8) is 0 Å². The molecule has 2 N–H and O–H groups in total. The number of ether oxygens (including phenoxy) is 1. The molecule has 3 aliphatic rings. The summed E-state index contributed by atoms with van der Waals surface area (Å²) in [7, 11) is 0. The van der Waals surface area contributed by atoms with E-state index in [2.05, 4.69) is 21.6 Å². The van der Waals surface area contributed by atoms with Gasteiger partial charge in [0.15, 0.2) is 0 Å². The van der Waals surface area contributed by atoms with Crippen molar-refractivity contribution in [2.75, 3.05) is 50.8 Å². The molecule has 20 heavy (non-hydrogen) atoms. The average molecular weight is 316 g/mol. The molecular formula is C14H25N3OS2. The zero-order valence-corrected chi connectivity index (χ0v) is 13.7. The average Bonchev–Trinajstić information content (AvgIpc) is 2.87. The Bertz CT molecular complexity index is 352. The largest absolute Gasteiger partial charge is 0.392 e. The molecule has 0 aliphatic carbocycles. The van der Waals surface area contributed by atoms with Gasteiger partial charge in [-0.05, 0) is 25.0 Å². The van der Waals surface area contributed by atoms with Crippen molar-refractivity contribution in [1.82, 2.24) is 9.80 Å². The lowest BCUT2D eigenvalue weighted by atomic mass is 9.88. The summed E-state index contributed by atoms with van der Waals surface area (Å²) in [6.07, 6.45) is 3.67. The van der Waals surface area contributed by atoms with Crippen LogP contribution in [0.1, 0.15) is 19.3 Å². The second-order valence-corrected chi connectivity index (χ2v) is 7.89. The van der Waals surface area contributed by atoms with Gasteiger partial charge < -0.3 is 10.5 Å². The van der Waals surface area contributed by atoms with Gasteiger partial charge in [0.2, 0.25) is 0 Å². The lowest BCUT2D eigenvalue weighted by molar-refractivity contribution is -0.0936. The molecule has 0 aromatic carbocycles. The highest BCUT2D eigenvalue weighted by molar-refractivity contribution is 7.99. The number of thiocarbonyl (C=S) groups is 1. The van der Waals surface area contributed by atoms with Crippen LogP contribution in [0, 0.1) is 0 Å². The summed E-state index contributed by atoms with van der Waals surface area (Å²) in [4.78, 5) is 5.66. The number of nitrogens with zero attached hydrogens (tertiary/aromatic N) is 2. The quantitative estimate of drug-likeness (QED) is 0.782. The Morgan fingerprint density at radius 2 is 2.15 bits per heavy atom. The predicted molar refractivity (Wildman–Crippen MR) is 88.4 cm³/mol. The maximum absolute atomic E-state index is 6.13. The fourth-order valence-electron chi connectivity index (χ4n) is 3.68. The van der Waals surface area contributed by atoms with Gasteiger partial charge in [0, 0.05) is 51.1 Å². The topological polar surface area (TPSA) is 41.7 Å².